The lowest BCUT2D eigenvalue weighted by Crippen LogP contribution is -2.32. The number of carbonyl (C=O) groups is 1. The average Bonchev–Trinajstić information content (AvgIpc) is 2.32. The molecule has 0 aromatic heterocycles. The molecule has 17 heavy (non-hydrogen) atoms. The Kier molecular flexibility index (Phi) is 5.87. The summed E-state index contributed by atoms with van der Waals surface area (Å²) >= 11 is 0. The van der Waals surface area contributed by atoms with Gasteiger partial charge >= 0.3 is 0 Å². The molecular formula is C14H21NO2. The molecule has 0 aliphatic rings. The SMILES string of the molecule is COCCCC(N)C(=O)Cc1ccc(C)cc1. The minimum absolute atomic E-state index is 0.102. The highest BCUT2D eigenvalue weighted by atomic mass is 16.5. The van der Waals surface area contributed by atoms with Gasteiger partial charge in [0.15, 0.2) is 5.78 Å². The largest absolute Gasteiger partial charge is 0.385 e. The number of ether oxygens (including phenoxy) is 1. The summed E-state index contributed by atoms with van der Waals surface area (Å²) in [6.45, 7) is 2.69. The molecule has 1 rings (SSSR count). The Morgan fingerprint density at radius 2 is 2.00 bits per heavy atom. The number of aryl methyl sites for hydroxylation is 1. The third-order valence-corrected chi connectivity index (χ3v) is 2.78. The predicted octanol–water partition coefficient (Wildman–Crippen LogP) is 1.86. The topological polar surface area (TPSA) is 52.3 Å². The summed E-state index contributed by atoms with van der Waals surface area (Å²) in [7, 11) is 1.65. The van der Waals surface area contributed by atoms with Crippen LogP contribution in [0.3, 0.4) is 0 Å². The smallest absolute Gasteiger partial charge is 0.153 e. The monoisotopic (exact) mass is 235 g/mol. The Morgan fingerprint density at radius 1 is 1.35 bits per heavy atom. The molecule has 1 aromatic rings. The maximum Gasteiger partial charge on any atom is 0.153 e. The summed E-state index contributed by atoms with van der Waals surface area (Å²) in [5.74, 6) is 0.102. The van der Waals surface area contributed by atoms with Crippen molar-refractivity contribution in [3.63, 3.8) is 0 Å². The Labute approximate surface area is 103 Å². The summed E-state index contributed by atoms with van der Waals surface area (Å²) in [5, 5.41) is 0. The first-order chi connectivity index (χ1) is 8.13. The quantitative estimate of drug-likeness (QED) is 0.734. The van der Waals surface area contributed by atoms with E-state index in [1.54, 1.807) is 7.11 Å². The predicted molar refractivity (Wildman–Crippen MR) is 69.0 cm³/mol. The molecular weight excluding hydrogens is 214 g/mol. The fourth-order valence-electron chi connectivity index (χ4n) is 1.65. The van der Waals surface area contributed by atoms with E-state index < -0.39 is 0 Å². The van der Waals surface area contributed by atoms with Crippen molar-refractivity contribution in [2.24, 2.45) is 5.73 Å². The van der Waals surface area contributed by atoms with Gasteiger partial charge in [-0.3, -0.25) is 4.79 Å². The van der Waals surface area contributed by atoms with Gasteiger partial charge in [-0.05, 0) is 25.3 Å². The van der Waals surface area contributed by atoms with Crippen LogP contribution < -0.4 is 5.73 Å². The molecule has 0 spiro atoms. The molecule has 94 valence electrons. The minimum Gasteiger partial charge on any atom is -0.385 e. The first kappa shape index (κ1) is 13.9. The molecule has 0 aliphatic heterocycles. The summed E-state index contributed by atoms with van der Waals surface area (Å²) in [6, 6.07) is 7.62. The van der Waals surface area contributed by atoms with E-state index >= 15 is 0 Å². The van der Waals surface area contributed by atoms with E-state index in [9.17, 15) is 4.79 Å². The number of rotatable bonds is 7. The number of carbonyl (C=O) groups excluding carboxylic acids is 1. The van der Waals surface area contributed by atoms with Gasteiger partial charge < -0.3 is 10.5 Å². The van der Waals surface area contributed by atoms with Gasteiger partial charge in [0.05, 0.1) is 6.04 Å². The maximum atomic E-state index is 11.8. The number of nitrogens with two attached hydrogens (primary N) is 1. The molecule has 0 fully saturated rings. The van der Waals surface area contributed by atoms with E-state index in [4.69, 9.17) is 10.5 Å². The molecule has 0 aliphatic carbocycles. The van der Waals surface area contributed by atoms with Gasteiger partial charge in [0.25, 0.3) is 0 Å². The number of methoxy groups -OCH3 is 1. The lowest BCUT2D eigenvalue weighted by molar-refractivity contribution is -0.119. The van der Waals surface area contributed by atoms with Gasteiger partial charge in [-0.2, -0.15) is 0 Å². The molecule has 3 nitrogen and oxygen atoms in total. The van der Waals surface area contributed by atoms with Crippen molar-refractivity contribution in [2.45, 2.75) is 32.2 Å². The first-order valence-corrected chi connectivity index (χ1v) is 5.96. The lowest BCUT2D eigenvalue weighted by Gasteiger charge is -2.10. The third kappa shape index (κ3) is 5.11. The average molecular weight is 235 g/mol. The van der Waals surface area contributed by atoms with Crippen molar-refractivity contribution in [1.82, 2.24) is 0 Å². The minimum atomic E-state index is -0.369. The molecule has 0 amide bonds. The van der Waals surface area contributed by atoms with E-state index in [1.165, 1.54) is 5.56 Å². The van der Waals surface area contributed by atoms with E-state index in [-0.39, 0.29) is 11.8 Å². The molecule has 0 radical (unpaired) electrons. The summed E-state index contributed by atoms with van der Waals surface area (Å²) in [5.41, 5.74) is 8.06. The molecule has 0 heterocycles. The van der Waals surface area contributed by atoms with Crippen LogP contribution in [0.5, 0.6) is 0 Å². The first-order valence-electron chi connectivity index (χ1n) is 5.96. The third-order valence-electron chi connectivity index (χ3n) is 2.78. The van der Waals surface area contributed by atoms with Crippen molar-refractivity contribution < 1.29 is 9.53 Å². The van der Waals surface area contributed by atoms with Gasteiger partial charge in [-0.25, -0.2) is 0 Å². The zero-order chi connectivity index (χ0) is 12.7. The second-order valence-corrected chi connectivity index (χ2v) is 4.37. The summed E-state index contributed by atoms with van der Waals surface area (Å²) < 4.78 is 4.94. The van der Waals surface area contributed by atoms with Crippen molar-refractivity contribution >= 4 is 5.78 Å². The number of benzene rings is 1. The standard InChI is InChI=1S/C14H21NO2/c1-11-5-7-12(8-6-11)10-14(16)13(15)4-3-9-17-2/h5-8,13H,3-4,9-10,15H2,1-2H3. The van der Waals surface area contributed by atoms with Gasteiger partial charge in [0.2, 0.25) is 0 Å². The highest BCUT2D eigenvalue weighted by Gasteiger charge is 2.13. The van der Waals surface area contributed by atoms with Crippen LogP contribution in [0.4, 0.5) is 0 Å². The van der Waals surface area contributed by atoms with Crippen LogP contribution in [-0.4, -0.2) is 25.5 Å². The fourth-order valence-corrected chi connectivity index (χ4v) is 1.65. The molecule has 3 heteroatoms. The highest BCUT2D eigenvalue weighted by molar-refractivity contribution is 5.85. The maximum absolute atomic E-state index is 11.8. The number of hydrogen-bond donors (Lipinski definition) is 1. The summed E-state index contributed by atoms with van der Waals surface area (Å²) in [4.78, 5) is 11.8. The lowest BCUT2D eigenvalue weighted by atomic mass is 10.0. The Morgan fingerprint density at radius 3 is 2.59 bits per heavy atom. The molecule has 1 aromatic carbocycles. The highest BCUT2D eigenvalue weighted by Crippen LogP contribution is 2.06. The van der Waals surface area contributed by atoms with E-state index in [2.05, 4.69) is 0 Å². The second kappa shape index (κ2) is 7.20. The van der Waals surface area contributed by atoms with Crippen LogP contribution in [0.1, 0.15) is 24.0 Å². The summed E-state index contributed by atoms with van der Waals surface area (Å²) in [6.07, 6.45) is 1.95. The molecule has 1 unspecified atom stereocenters. The molecule has 0 saturated carbocycles. The zero-order valence-electron chi connectivity index (χ0n) is 10.6. The Bertz CT molecular complexity index is 346. The van der Waals surface area contributed by atoms with Crippen LogP contribution >= 0.6 is 0 Å². The number of Topliss-reactive ketones (excluding diaryl/α,β-unsaturated/α-hetero) is 1. The zero-order valence-corrected chi connectivity index (χ0v) is 10.6. The number of ketones is 1. The molecule has 1 atom stereocenters. The van der Waals surface area contributed by atoms with Gasteiger partial charge in [-0.1, -0.05) is 29.8 Å². The molecule has 2 N–H and O–H groups in total. The fraction of sp³-hybridized carbons (Fsp3) is 0.500. The van der Waals surface area contributed by atoms with Crippen molar-refractivity contribution in [3.05, 3.63) is 35.4 Å². The molecule has 0 bridgehead atoms. The van der Waals surface area contributed by atoms with E-state index in [1.807, 2.05) is 31.2 Å². The normalized spacial score (nSPS) is 12.4. The van der Waals surface area contributed by atoms with Gasteiger partial charge in [0.1, 0.15) is 0 Å². The van der Waals surface area contributed by atoms with Crippen LogP contribution in [0, 0.1) is 6.92 Å². The number of hydrogen-bond acceptors (Lipinski definition) is 3. The van der Waals surface area contributed by atoms with Crippen LogP contribution in [0.25, 0.3) is 0 Å². The van der Waals surface area contributed by atoms with E-state index in [0.717, 1.165) is 12.0 Å². The Hall–Kier alpha value is -1.19. The van der Waals surface area contributed by atoms with Crippen LogP contribution in [0.15, 0.2) is 24.3 Å². The Balaban J connectivity index is 2.40. The van der Waals surface area contributed by atoms with Gasteiger partial charge in [-0.15, -0.1) is 0 Å². The second-order valence-electron chi connectivity index (χ2n) is 4.37. The molecule has 0 saturated heterocycles. The van der Waals surface area contributed by atoms with Crippen molar-refractivity contribution in [3.8, 4) is 0 Å². The van der Waals surface area contributed by atoms with Gasteiger partial charge in [0, 0.05) is 20.1 Å². The van der Waals surface area contributed by atoms with Crippen LogP contribution in [-0.2, 0) is 16.0 Å². The van der Waals surface area contributed by atoms with Crippen LogP contribution in [0.2, 0.25) is 0 Å². The van der Waals surface area contributed by atoms with Crippen molar-refractivity contribution in [1.29, 1.82) is 0 Å². The van der Waals surface area contributed by atoms with E-state index in [0.29, 0.717) is 19.4 Å². The van der Waals surface area contributed by atoms with Crippen molar-refractivity contribution in [2.75, 3.05) is 13.7 Å².